The summed E-state index contributed by atoms with van der Waals surface area (Å²) in [6.45, 7) is 4.13. The first-order valence-corrected chi connectivity index (χ1v) is 8.14. The van der Waals surface area contributed by atoms with E-state index < -0.39 is 11.8 Å². The van der Waals surface area contributed by atoms with E-state index in [2.05, 4.69) is 13.8 Å². The molecule has 2 rings (SSSR count). The summed E-state index contributed by atoms with van der Waals surface area (Å²) in [5, 5.41) is -0.333. The highest BCUT2D eigenvalue weighted by Crippen LogP contribution is 2.31. The molecule has 0 bridgehead atoms. The van der Waals surface area contributed by atoms with Gasteiger partial charge >= 0.3 is 0 Å². The fourth-order valence-electron chi connectivity index (χ4n) is 2.70. The smallest absolute Gasteiger partial charge is 0.270 e. The van der Waals surface area contributed by atoms with Gasteiger partial charge in [0, 0.05) is 6.04 Å². The molecule has 1 aliphatic rings. The van der Waals surface area contributed by atoms with Gasteiger partial charge in [-0.2, -0.15) is 0 Å². The number of imide groups is 1. The standard InChI is InChI=1S/C17H19Cl2NO2/c1-11(2)10-13(9-8-12-6-4-3-5-7-12)20-16(21)14(18)15(19)17(20)22/h3-7,11,13H,8-10H2,1-2H3. The van der Waals surface area contributed by atoms with Crippen LogP contribution in [-0.2, 0) is 16.0 Å². The number of halogens is 2. The fraction of sp³-hybridized carbons (Fsp3) is 0.412. The van der Waals surface area contributed by atoms with Crippen LogP contribution in [-0.4, -0.2) is 22.8 Å². The summed E-state index contributed by atoms with van der Waals surface area (Å²) in [5.74, 6) is -0.592. The van der Waals surface area contributed by atoms with E-state index in [-0.39, 0.29) is 16.1 Å². The highest BCUT2D eigenvalue weighted by molar-refractivity contribution is 6.58. The van der Waals surface area contributed by atoms with Gasteiger partial charge in [-0.1, -0.05) is 67.4 Å². The number of carbonyl (C=O) groups excluding carboxylic acids is 2. The van der Waals surface area contributed by atoms with E-state index in [1.165, 1.54) is 10.5 Å². The van der Waals surface area contributed by atoms with Gasteiger partial charge in [-0.15, -0.1) is 0 Å². The number of rotatable bonds is 6. The minimum atomic E-state index is -0.477. The Hall–Kier alpha value is -1.32. The van der Waals surface area contributed by atoms with Crippen LogP contribution in [0, 0.1) is 5.92 Å². The lowest BCUT2D eigenvalue weighted by atomic mass is 9.96. The highest BCUT2D eigenvalue weighted by atomic mass is 35.5. The van der Waals surface area contributed by atoms with Gasteiger partial charge in [0.2, 0.25) is 0 Å². The number of carbonyl (C=O) groups is 2. The Kier molecular flexibility index (Phi) is 5.65. The molecule has 0 N–H and O–H groups in total. The van der Waals surface area contributed by atoms with E-state index in [0.29, 0.717) is 12.3 Å². The van der Waals surface area contributed by atoms with Crippen LogP contribution in [0.2, 0.25) is 0 Å². The van der Waals surface area contributed by atoms with Gasteiger partial charge in [-0.05, 0) is 30.7 Å². The van der Waals surface area contributed by atoms with Gasteiger partial charge in [0.25, 0.3) is 11.8 Å². The summed E-state index contributed by atoms with van der Waals surface area (Å²) in [6.07, 6.45) is 2.23. The van der Waals surface area contributed by atoms with Gasteiger partial charge in [0.15, 0.2) is 0 Å². The third kappa shape index (κ3) is 3.71. The topological polar surface area (TPSA) is 37.4 Å². The third-order valence-electron chi connectivity index (χ3n) is 3.72. The van der Waals surface area contributed by atoms with Gasteiger partial charge in [-0.25, -0.2) is 0 Å². The van der Waals surface area contributed by atoms with Gasteiger partial charge in [0.1, 0.15) is 10.1 Å². The lowest BCUT2D eigenvalue weighted by Gasteiger charge is -2.28. The zero-order valence-electron chi connectivity index (χ0n) is 12.7. The molecular formula is C17H19Cl2NO2. The van der Waals surface area contributed by atoms with Gasteiger partial charge in [0.05, 0.1) is 0 Å². The van der Waals surface area contributed by atoms with Crippen molar-refractivity contribution in [1.82, 2.24) is 4.90 Å². The lowest BCUT2D eigenvalue weighted by molar-refractivity contribution is -0.140. The molecule has 0 fully saturated rings. The SMILES string of the molecule is CC(C)CC(CCc1ccccc1)N1C(=O)C(Cl)=C(Cl)C1=O. The molecular weight excluding hydrogens is 321 g/mol. The first-order valence-electron chi connectivity index (χ1n) is 7.39. The molecule has 1 atom stereocenters. The van der Waals surface area contributed by atoms with E-state index in [1.54, 1.807) is 0 Å². The van der Waals surface area contributed by atoms with Crippen molar-refractivity contribution < 1.29 is 9.59 Å². The molecule has 0 radical (unpaired) electrons. The monoisotopic (exact) mass is 339 g/mol. The van der Waals surface area contributed by atoms with Crippen molar-refractivity contribution in [2.24, 2.45) is 5.92 Å². The van der Waals surface area contributed by atoms with Crippen LogP contribution < -0.4 is 0 Å². The third-order valence-corrected chi connectivity index (χ3v) is 4.52. The molecule has 118 valence electrons. The Morgan fingerprint density at radius 1 is 1.00 bits per heavy atom. The van der Waals surface area contributed by atoms with Crippen LogP contribution in [0.3, 0.4) is 0 Å². The molecule has 0 spiro atoms. The second-order valence-corrected chi connectivity index (χ2v) is 6.67. The van der Waals surface area contributed by atoms with E-state index in [0.717, 1.165) is 12.8 Å². The van der Waals surface area contributed by atoms with Crippen molar-refractivity contribution in [2.75, 3.05) is 0 Å². The molecule has 1 aliphatic heterocycles. The summed E-state index contributed by atoms with van der Waals surface area (Å²) in [6, 6.07) is 9.82. The molecule has 1 aromatic rings. The van der Waals surface area contributed by atoms with E-state index >= 15 is 0 Å². The molecule has 2 amide bonds. The van der Waals surface area contributed by atoms with Crippen molar-refractivity contribution in [2.45, 2.75) is 39.2 Å². The van der Waals surface area contributed by atoms with Crippen molar-refractivity contribution in [1.29, 1.82) is 0 Å². The van der Waals surface area contributed by atoms with Crippen molar-refractivity contribution in [3.63, 3.8) is 0 Å². The average Bonchev–Trinajstić information content (AvgIpc) is 2.68. The summed E-state index contributed by atoms with van der Waals surface area (Å²) in [7, 11) is 0. The molecule has 0 aromatic heterocycles. The summed E-state index contributed by atoms with van der Waals surface area (Å²) < 4.78 is 0. The Morgan fingerprint density at radius 2 is 1.55 bits per heavy atom. The number of benzene rings is 1. The number of hydrogen-bond donors (Lipinski definition) is 0. The first-order chi connectivity index (χ1) is 10.4. The van der Waals surface area contributed by atoms with Crippen LogP contribution >= 0.6 is 23.2 Å². The Bertz CT molecular complexity index is 572. The second-order valence-electron chi connectivity index (χ2n) is 5.92. The van der Waals surface area contributed by atoms with Gasteiger partial charge in [-0.3, -0.25) is 14.5 Å². The highest BCUT2D eigenvalue weighted by Gasteiger charge is 2.40. The molecule has 1 heterocycles. The molecule has 0 saturated carbocycles. The molecule has 1 aromatic carbocycles. The first kappa shape index (κ1) is 17.0. The zero-order valence-corrected chi connectivity index (χ0v) is 14.2. The predicted molar refractivity (Wildman–Crippen MR) is 88.6 cm³/mol. The Morgan fingerprint density at radius 3 is 2.05 bits per heavy atom. The average molecular weight is 340 g/mol. The molecule has 1 unspecified atom stereocenters. The van der Waals surface area contributed by atoms with Crippen LogP contribution in [0.15, 0.2) is 40.4 Å². The summed E-state index contributed by atoms with van der Waals surface area (Å²) >= 11 is 11.7. The van der Waals surface area contributed by atoms with Crippen LogP contribution in [0.1, 0.15) is 32.3 Å². The Labute approximate surface area is 140 Å². The van der Waals surface area contributed by atoms with Crippen LogP contribution in [0.5, 0.6) is 0 Å². The minimum Gasteiger partial charge on any atom is -0.270 e. The minimum absolute atomic E-state index is 0.167. The maximum absolute atomic E-state index is 12.2. The number of amides is 2. The molecule has 0 saturated heterocycles. The summed E-state index contributed by atoms with van der Waals surface area (Å²) in [5.41, 5.74) is 1.18. The van der Waals surface area contributed by atoms with E-state index in [1.807, 2.05) is 30.3 Å². The zero-order chi connectivity index (χ0) is 16.3. The molecule has 0 aliphatic carbocycles. The maximum Gasteiger partial charge on any atom is 0.274 e. The molecule has 5 heteroatoms. The fourth-order valence-corrected chi connectivity index (χ4v) is 3.04. The molecule has 3 nitrogen and oxygen atoms in total. The van der Waals surface area contributed by atoms with Crippen molar-refractivity contribution in [3.05, 3.63) is 46.0 Å². The number of aryl methyl sites for hydroxylation is 1. The largest absolute Gasteiger partial charge is 0.274 e. The predicted octanol–water partition coefficient (Wildman–Crippen LogP) is 4.09. The number of nitrogens with zero attached hydrogens (tertiary/aromatic N) is 1. The molecule has 22 heavy (non-hydrogen) atoms. The summed E-state index contributed by atoms with van der Waals surface area (Å²) in [4.78, 5) is 25.6. The Balaban J connectivity index is 2.13. The maximum atomic E-state index is 12.2. The lowest BCUT2D eigenvalue weighted by Crippen LogP contribution is -2.42. The van der Waals surface area contributed by atoms with Crippen molar-refractivity contribution in [3.8, 4) is 0 Å². The van der Waals surface area contributed by atoms with Crippen LogP contribution in [0.4, 0.5) is 0 Å². The van der Waals surface area contributed by atoms with E-state index in [9.17, 15) is 9.59 Å². The second kappa shape index (κ2) is 7.30. The number of hydrogen-bond acceptors (Lipinski definition) is 2. The van der Waals surface area contributed by atoms with E-state index in [4.69, 9.17) is 23.2 Å². The van der Waals surface area contributed by atoms with Crippen LogP contribution in [0.25, 0.3) is 0 Å². The van der Waals surface area contributed by atoms with Crippen molar-refractivity contribution >= 4 is 35.0 Å². The quantitative estimate of drug-likeness (QED) is 0.732. The normalized spacial score (nSPS) is 16.9. The van der Waals surface area contributed by atoms with Gasteiger partial charge < -0.3 is 0 Å².